The number of rotatable bonds is 11. The summed E-state index contributed by atoms with van der Waals surface area (Å²) in [5.74, 6) is -0.198. The number of alkyl halides is 1. The van der Waals surface area contributed by atoms with Crippen molar-refractivity contribution in [3.63, 3.8) is 0 Å². The van der Waals surface area contributed by atoms with E-state index in [1.54, 1.807) is 0 Å². The molecule has 1 N–H and O–H groups in total. The van der Waals surface area contributed by atoms with Crippen molar-refractivity contribution in [1.82, 2.24) is 5.32 Å². The maximum Gasteiger partial charge on any atom is 0.217 e. The standard InChI is InChI=1S/C29H32ClNO5/c1-21(32)31-26-27(34-18-23-13-7-3-8-14-23)25(20-33-17-22-11-5-2-6-12-22)36-29(30)28(26)35-19-24-15-9-4-10-16-24/h2-16,25-29H,17-20H2,1H3,(H,31,32)/t25-,26-,27+,28-,29+/m1/s1. The third-order valence-corrected chi connectivity index (χ3v) is 6.32. The molecule has 0 aromatic heterocycles. The molecule has 3 aromatic rings. The Hall–Kier alpha value is -2.74. The maximum absolute atomic E-state index is 12.2. The zero-order valence-electron chi connectivity index (χ0n) is 20.3. The van der Waals surface area contributed by atoms with Gasteiger partial charge in [-0.15, -0.1) is 0 Å². The van der Waals surface area contributed by atoms with Crippen molar-refractivity contribution in [3.8, 4) is 0 Å². The van der Waals surface area contributed by atoms with Gasteiger partial charge >= 0.3 is 0 Å². The smallest absolute Gasteiger partial charge is 0.217 e. The van der Waals surface area contributed by atoms with Gasteiger partial charge < -0.3 is 24.3 Å². The molecule has 0 radical (unpaired) electrons. The molecule has 4 rings (SSSR count). The number of benzene rings is 3. The van der Waals surface area contributed by atoms with Gasteiger partial charge in [-0.25, -0.2) is 0 Å². The Morgan fingerprint density at radius 1 is 0.778 bits per heavy atom. The lowest BCUT2D eigenvalue weighted by atomic mass is 9.96. The van der Waals surface area contributed by atoms with Crippen molar-refractivity contribution < 1.29 is 23.7 Å². The summed E-state index contributed by atoms with van der Waals surface area (Å²) in [5.41, 5.74) is 2.27. The van der Waals surface area contributed by atoms with Gasteiger partial charge in [0.1, 0.15) is 18.3 Å². The predicted octanol–water partition coefficient (Wildman–Crippen LogP) is 4.84. The number of halogens is 1. The SMILES string of the molecule is CC(=O)N[C@H]1[C@@H](OCc2ccccc2)[C@@H](Cl)O[C@H](COCc2ccccc2)[C@@H]1OCc1ccccc1. The van der Waals surface area contributed by atoms with Crippen molar-refractivity contribution in [2.24, 2.45) is 0 Å². The number of amides is 1. The van der Waals surface area contributed by atoms with Crippen LogP contribution >= 0.6 is 11.6 Å². The Kier molecular flexibility index (Phi) is 9.90. The second kappa shape index (κ2) is 13.5. The number of carbonyl (C=O) groups is 1. The average molecular weight is 510 g/mol. The van der Waals surface area contributed by atoms with E-state index >= 15 is 0 Å². The number of carbonyl (C=O) groups excluding carboxylic acids is 1. The van der Waals surface area contributed by atoms with Crippen LogP contribution in [0.5, 0.6) is 0 Å². The van der Waals surface area contributed by atoms with Crippen LogP contribution in [0.1, 0.15) is 23.6 Å². The molecule has 0 bridgehead atoms. The van der Waals surface area contributed by atoms with Crippen molar-refractivity contribution in [1.29, 1.82) is 0 Å². The zero-order valence-corrected chi connectivity index (χ0v) is 21.1. The highest BCUT2D eigenvalue weighted by Gasteiger charge is 2.47. The Labute approximate surface area is 217 Å². The highest BCUT2D eigenvalue weighted by molar-refractivity contribution is 6.20. The predicted molar refractivity (Wildman–Crippen MR) is 138 cm³/mol. The summed E-state index contributed by atoms with van der Waals surface area (Å²) in [7, 11) is 0. The molecule has 3 aromatic carbocycles. The molecule has 1 saturated heterocycles. The normalized spacial score (nSPS) is 23.8. The van der Waals surface area contributed by atoms with Crippen molar-refractivity contribution >= 4 is 17.5 Å². The number of hydrogen-bond donors (Lipinski definition) is 1. The first-order chi connectivity index (χ1) is 17.6. The lowest BCUT2D eigenvalue weighted by Gasteiger charge is -2.44. The van der Waals surface area contributed by atoms with Crippen LogP contribution in [0.25, 0.3) is 0 Å². The molecule has 0 spiro atoms. The van der Waals surface area contributed by atoms with E-state index in [2.05, 4.69) is 5.32 Å². The minimum absolute atomic E-state index is 0.198. The first kappa shape index (κ1) is 26.3. The Morgan fingerprint density at radius 2 is 1.25 bits per heavy atom. The number of nitrogens with one attached hydrogen (secondary N) is 1. The third kappa shape index (κ3) is 7.63. The molecule has 6 nitrogen and oxygen atoms in total. The van der Waals surface area contributed by atoms with Gasteiger partial charge in [0.25, 0.3) is 0 Å². The van der Waals surface area contributed by atoms with Crippen molar-refractivity contribution in [2.75, 3.05) is 6.61 Å². The Morgan fingerprint density at radius 3 is 1.75 bits per heavy atom. The molecule has 190 valence electrons. The topological polar surface area (TPSA) is 66.0 Å². The van der Waals surface area contributed by atoms with E-state index in [0.29, 0.717) is 19.8 Å². The van der Waals surface area contributed by atoms with Gasteiger partial charge in [-0.05, 0) is 16.7 Å². The van der Waals surface area contributed by atoms with E-state index in [4.69, 9.17) is 30.5 Å². The lowest BCUT2D eigenvalue weighted by molar-refractivity contribution is -0.209. The molecule has 7 heteroatoms. The van der Waals surface area contributed by atoms with Crippen LogP contribution in [0.15, 0.2) is 91.0 Å². The van der Waals surface area contributed by atoms with Crippen LogP contribution in [0.4, 0.5) is 0 Å². The van der Waals surface area contributed by atoms with Crippen LogP contribution in [0.2, 0.25) is 0 Å². The molecule has 1 aliphatic heterocycles. The Balaban J connectivity index is 1.51. The zero-order chi connectivity index (χ0) is 25.2. The minimum Gasteiger partial charge on any atom is -0.374 e. The van der Waals surface area contributed by atoms with Crippen LogP contribution in [0.3, 0.4) is 0 Å². The lowest BCUT2D eigenvalue weighted by Crippen LogP contribution is -2.64. The molecule has 5 atom stereocenters. The molecule has 1 heterocycles. The van der Waals surface area contributed by atoms with E-state index in [-0.39, 0.29) is 12.5 Å². The summed E-state index contributed by atoms with van der Waals surface area (Å²) in [6.07, 6.45) is -1.67. The largest absolute Gasteiger partial charge is 0.374 e. The number of ether oxygens (including phenoxy) is 4. The molecule has 0 saturated carbocycles. The highest BCUT2D eigenvalue weighted by Crippen LogP contribution is 2.30. The average Bonchev–Trinajstić information content (AvgIpc) is 2.89. The molecule has 1 aliphatic rings. The summed E-state index contributed by atoms with van der Waals surface area (Å²) in [5, 5.41) is 3.01. The maximum atomic E-state index is 12.2. The fourth-order valence-electron chi connectivity index (χ4n) is 4.23. The van der Waals surface area contributed by atoms with Crippen molar-refractivity contribution in [3.05, 3.63) is 108 Å². The van der Waals surface area contributed by atoms with E-state index in [0.717, 1.165) is 16.7 Å². The number of hydrogen-bond acceptors (Lipinski definition) is 5. The first-order valence-electron chi connectivity index (χ1n) is 12.1. The fraction of sp³-hybridized carbons (Fsp3) is 0.345. The molecule has 36 heavy (non-hydrogen) atoms. The van der Waals surface area contributed by atoms with Gasteiger partial charge in [-0.2, -0.15) is 0 Å². The first-order valence-corrected chi connectivity index (χ1v) is 12.5. The van der Waals surface area contributed by atoms with Crippen molar-refractivity contribution in [2.45, 2.75) is 56.7 Å². The van der Waals surface area contributed by atoms with Gasteiger partial charge in [-0.1, -0.05) is 103 Å². The summed E-state index contributed by atoms with van der Waals surface area (Å²) >= 11 is 6.69. The summed E-state index contributed by atoms with van der Waals surface area (Å²) in [6, 6.07) is 29.0. The molecule has 0 unspecified atom stereocenters. The Bertz CT molecular complexity index is 1050. The van der Waals surface area contributed by atoms with E-state index in [9.17, 15) is 4.79 Å². The minimum atomic E-state index is -0.799. The monoisotopic (exact) mass is 509 g/mol. The molecule has 1 fully saturated rings. The molecular formula is C29H32ClNO5. The third-order valence-electron chi connectivity index (χ3n) is 5.97. The van der Waals surface area contributed by atoms with Gasteiger partial charge in [0.15, 0.2) is 5.56 Å². The quantitative estimate of drug-likeness (QED) is 0.375. The molecule has 1 amide bonds. The second-order valence-corrected chi connectivity index (χ2v) is 9.21. The van der Waals surface area contributed by atoms with Crippen LogP contribution < -0.4 is 5.32 Å². The fourth-order valence-corrected chi connectivity index (χ4v) is 4.59. The molecule has 0 aliphatic carbocycles. The summed E-state index contributed by atoms with van der Waals surface area (Å²) < 4.78 is 24.7. The van der Waals surface area contributed by atoms with Gasteiger partial charge in [0.05, 0.1) is 32.5 Å². The van der Waals surface area contributed by atoms with Crippen LogP contribution in [0, 0.1) is 0 Å². The second-order valence-electron chi connectivity index (χ2n) is 8.78. The summed E-state index contributed by atoms with van der Waals surface area (Å²) in [4.78, 5) is 12.2. The van der Waals surface area contributed by atoms with Gasteiger partial charge in [0, 0.05) is 6.92 Å². The van der Waals surface area contributed by atoms with Crippen LogP contribution in [-0.4, -0.2) is 42.4 Å². The highest BCUT2D eigenvalue weighted by atomic mass is 35.5. The van der Waals surface area contributed by atoms with Crippen LogP contribution in [-0.2, 0) is 43.6 Å². The van der Waals surface area contributed by atoms with E-state index in [1.165, 1.54) is 6.92 Å². The van der Waals surface area contributed by atoms with Gasteiger partial charge in [0.2, 0.25) is 5.91 Å². The van der Waals surface area contributed by atoms with E-state index in [1.807, 2.05) is 91.0 Å². The summed E-state index contributed by atoms with van der Waals surface area (Å²) in [6.45, 7) is 2.83. The van der Waals surface area contributed by atoms with E-state index < -0.39 is 29.9 Å². The van der Waals surface area contributed by atoms with Gasteiger partial charge in [-0.3, -0.25) is 4.79 Å². The molecular weight excluding hydrogens is 478 g/mol.